The molecule has 1 aliphatic rings. The third-order valence-corrected chi connectivity index (χ3v) is 5.11. The molecule has 1 aromatic carbocycles. The van der Waals surface area contributed by atoms with E-state index in [9.17, 15) is 28.9 Å². The van der Waals surface area contributed by atoms with Crippen LogP contribution in [-0.2, 0) is 19.1 Å². The van der Waals surface area contributed by atoms with Gasteiger partial charge in [-0.2, -0.15) is 0 Å². The van der Waals surface area contributed by atoms with Gasteiger partial charge in [0.1, 0.15) is 11.6 Å². The van der Waals surface area contributed by atoms with Gasteiger partial charge in [0, 0.05) is 23.2 Å². The Kier molecular flexibility index (Phi) is 7.06. The van der Waals surface area contributed by atoms with E-state index in [4.69, 9.17) is 16.3 Å². The monoisotopic (exact) mass is 414 g/mol. The standard InChI is InChI=1S/C18H20ClFN2O6/c1-9-5-16(23)12(13(9)8-22(26)27)7-17(24)28-10(2)18(25)21-15-4-3-11(20)6-14(15)19/h3-4,6,9-10,12-13H,5,7-8H2,1-2H3,(H,21,25)/t9-,10-,12+,13+/m0/s1. The van der Waals surface area contributed by atoms with E-state index in [2.05, 4.69) is 5.32 Å². The zero-order chi connectivity index (χ0) is 21.0. The number of nitro groups is 1. The number of anilines is 1. The maximum Gasteiger partial charge on any atom is 0.307 e. The average Bonchev–Trinajstić information content (AvgIpc) is 2.83. The number of esters is 1. The number of nitrogens with one attached hydrogen (secondary N) is 1. The van der Waals surface area contributed by atoms with E-state index in [-0.39, 0.29) is 35.3 Å². The van der Waals surface area contributed by atoms with E-state index >= 15 is 0 Å². The fraction of sp³-hybridized carbons (Fsp3) is 0.500. The summed E-state index contributed by atoms with van der Waals surface area (Å²) in [6.45, 7) is 2.67. The minimum Gasteiger partial charge on any atom is -0.453 e. The van der Waals surface area contributed by atoms with Gasteiger partial charge in [0.2, 0.25) is 6.54 Å². The van der Waals surface area contributed by atoms with Crippen LogP contribution in [0.15, 0.2) is 18.2 Å². The first kappa shape index (κ1) is 21.7. The predicted molar refractivity (Wildman–Crippen MR) is 97.8 cm³/mol. The summed E-state index contributed by atoms with van der Waals surface area (Å²) in [5.74, 6) is -3.80. The molecule has 1 aromatic rings. The number of hydrogen-bond donors (Lipinski definition) is 1. The largest absolute Gasteiger partial charge is 0.453 e. The van der Waals surface area contributed by atoms with Crippen LogP contribution in [0.25, 0.3) is 0 Å². The summed E-state index contributed by atoms with van der Waals surface area (Å²) < 4.78 is 18.1. The number of Topliss-reactive ketones (excluding diaryl/α,β-unsaturated/α-hetero) is 1. The third-order valence-electron chi connectivity index (χ3n) is 4.80. The van der Waals surface area contributed by atoms with E-state index < -0.39 is 47.1 Å². The van der Waals surface area contributed by atoms with Crippen LogP contribution in [0.4, 0.5) is 10.1 Å². The van der Waals surface area contributed by atoms with E-state index in [1.54, 1.807) is 6.92 Å². The molecule has 4 atom stereocenters. The van der Waals surface area contributed by atoms with Gasteiger partial charge < -0.3 is 10.1 Å². The first-order valence-electron chi connectivity index (χ1n) is 8.68. The van der Waals surface area contributed by atoms with Crippen molar-refractivity contribution >= 4 is 34.9 Å². The van der Waals surface area contributed by atoms with Crippen molar-refractivity contribution in [3.63, 3.8) is 0 Å². The highest BCUT2D eigenvalue weighted by atomic mass is 35.5. The van der Waals surface area contributed by atoms with Crippen LogP contribution >= 0.6 is 11.6 Å². The van der Waals surface area contributed by atoms with Crippen LogP contribution < -0.4 is 5.32 Å². The number of hydrogen-bond acceptors (Lipinski definition) is 6. The lowest BCUT2D eigenvalue weighted by Gasteiger charge is -2.19. The Morgan fingerprint density at radius 1 is 1.46 bits per heavy atom. The lowest BCUT2D eigenvalue weighted by molar-refractivity contribution is -0.490. The highest BCUT2D eigenvalue weighted by Crippen LogP contribution is 2.36. The van der Waals surface area contributed by atoms with Crippen LogP contribution in [0, 0.1) is 33.7 Å². The molecule has 0 unspecified atom stereocenters. The Morgan fingerprint density at radius 2 is 2.14 bits per heavy atom. The van der Waals surface area contributed by atoms with Gasteiger partial charge in [0.25, 0.3) is 5.91 Å². The SMILES string of the molecule is C[C@H](OC(=O)C[C@H]1C(=O)C[C@H](C)[C@H]1C[N+](=O)[O-])C(=O)Nc1ccc(F)cc1Cl. The van der Waals surface area contributed by atoms with Crippen molar-refractivity contribution in [3.05, 3.63) is 39.2 Å². The molecule has 8 nitrogen and oxygen atoms in total. The fourth-order valence-electron chi connectivity index (χ4n) is 3.30. The van der Waals surface area contributed by atoms with Gasteiger partial charge in [0.15, 0.2) is 6.10 Å². The number of carbonyl (C=O) groups is 3. The number of ketones is 1. The van der Waals surface area contributed by atoms with Crippen molar-refractivity contribution in [1.82, 2.24) is 0 Å². The van der Waals surface area contributed by atoms with Crippen LogP contribution in [0.1, 0.15) is 26.7 Å². The van der Waals surface area contributed by atoms with Crippen LogP contribution in [-0.4, -0.2) is 35.2 Å². The van der Waals surface area contributed by atoms with E-state index in [1.165, 1.54) is 13.0 Å². The van der Waals surface area contributed by atoms with Crippen LogP contribution in [0.5, 0.6) is 0 Å². The Bertz CT molecular complexity index is 802. The molecule has 0 aliphatic heterocycles. The topological polar surface area (TPSA) is 116 Å². The van der Waals surface area contributed by atoms with Crippen molar-refractivity contribution < 1.29 is 28.4 Å². The number of amides is 1. The van der Waals surface area contributed by atoms with Crippen molar-refractivity contribution in [2.24, 2.45) is 17.8 Å². The minimum atomic E-state index is -1.20. The number of rotatable bonds is 7. The maximum atomic E-state index is 13.0. The second kappa shape index (κ2) is 9.09. The summed E-state index contributed by atoms with van der Waals surface area (Å²) >= 11 is 5.83. The first-order valence-corrected chi connectivity index (χ1v) is 9.06. The summed E-state index contributed by atoms with van der Waals surface area (Å²) in [5, 5.41) is 13.2. The second-order valence-corrected chi connectivity index (χ2v) is 7.29. The fourth-order valence-corrected chi connectivity index (χ4v) is 3.52. The molecule has 1 aliphatic carbocycles. The smallest absolute Gasteiger partial charge is 0.307 e. The average molecular weight is 415 g/mol. The lowest BCUT2D eigenvalue weighted by Crippen LogP contribution is -2.32. The van der Waals surface area contributed by atoms with Gasteiger partial charge in [-0.05, 0) is 31.0 Å². The van der Waals surface area contributed by atoms with Crippen LogP contribution in [0.2, 0.25) is 5.02 Å². The number of benzene rings is 1. The molecule has 1 N–H and O–H groups in total. The molecule has 1 amide bonds. The van der Waals surface area contributed by atoms with Crippen molar-refractivity contribution in [3.8, 4) is 0 Å². The van der Waals surface area contributed by atoms with Crippen LogP contribution in [0.3, 0.4) is 0 Å². The summed E-state index contributed by atoms with van der Waals surface area (Å²) in [6.07, 6.45) is -1.34. The molecule has 1 saturated carbocycles. The van der Waals surface area contributed by atoms with Gasteiger partial charge in [-0.25, -0.2) is 4.39 Å². The molecule has 28 heavy (non-hydrogen) atoms. The molecule has 0 saturated heterocycles. The summed E-state index contributed by atoms with van der Waals surface area (Å²) in [5.41, 5.74) is 0.154. The molecule has 0 radical (unpaired) electrons. The number of nitrogens with zero attached hydrogens (tertiary/aromatic N) is 1. The number of carbonyl (C=O) groups excluding carboxylic acids is 3. The Labute approximate surface area is 165 Å². The Morgan fingerprint density at radius 3 is 2.75 bits per heavy atom. The van der Waals surface area contributed by atoms with Crippen molar-refractivity contribution in [2.45, 2.75) is 32.8 Å². The van der Waals surface area contributed by atoms with Gasteiger partial charge >= 0.3 is 5.97 Å². The highest BCUT2D eigenvalue weighted by molar-refractivity contribution is 6.33. The molecular weight excluding hydrogens is 395 g/mol. The summed E-state index contributed by atoms with van der Waals surface area (Å²) in [6, 6.07) is 3.40. The minimum absolute atomic E-state index is 0.0139. The van der Waals surface area contributed by atoms with Crippen molar-refractivity contribution in [2.75, 3.05) is 11.9 Å². The number of ether oxygens (including phenoxy) is 1. The molecule has 152 valence electrons. The molecule has 1 fully saturated rings. The zero-order valence-electron chi connectivity index (χ0n) is 15.3. The Balaban J connectivity index is 1.94. The maximum absolute atomic E-state index is 13.0. The van der Waals surface area contributed by atoms with Gasteiger partial charge in [-0.3, -0.25) is 24.5 Å². The van der Waals surface area contributed by atoms with Gasteiger partial charge in [-0.15, -0.1) is 0 Å². The highest BCUT2D eigenvalue weighted by Gasteiger charge is 2.44. The summed E-state index contributed by atoms with van der Waals surface area (Å²) in [7, 11) is 0. The van der Waals surface area contributed by atoms with Gasteiger partial charge in [0.05, 0.1) is 17.1 Å². The predicted octanol–water partition coefficient (Wildman–Crippen LogP) is 2.86. The lowest BCUT2D eigenvalue weighted by atomic mass is 9.88. The quantitative estimate of drug-likeness (QED) is 0.416. The molecule has 0 bridgehead atoms. The second-order valence-electron chi connectivity index (χ2n) is 6.88. The Hall–Kier alpha value is -2.55. The molecular formula is C18H20ClFN2O6. The first-order chi connectivity index (χ1) is 13.1. The third kappa shape index (κ3) is 5.48. The molecule has 0 aromatic heterocycles. The normalized spacial score (nSPS) is 22.6. The molecule has 0 heterocycles. The molecule has 0 spiro atoms. The van der Waals surface area contributed by atoms with E-state index in [0.29, 0.717) is 0 Å². The van der Waals surface area contributed by atoms with E-state index in [0.717, 1.165) is 12.1 Å². The molecule has 10 heteroatoms. The zero-order valence-corrected chi connectivity index (χ0v) is 16.1. The number of halogens is 2. The van der Waals surface area contributed by atoms with Crippen molar-refractivity contribution in [1.29, 1.82) is 0 Å². The summed E-state index contributed by atoms with van der Waals surface area (Å²) in [4.78, 5) is 46.7. The van der Waals surface area contributed by atoms with E-state index in [1.807, 2.05) is 0 Å². The van der Waals surface area contributed by atoms with Gasteiger partial charge in [-0.1, -0.05) is 18.5 Å². The molecule has 2 rings (SSSR count).